The highest BCUT2D eigenvalue weighted by Crippen LogP contribution is 2.17. The molecule has 0 bridgehead atoms. The summed E-state index contributed by atoms with van der Waals surface area (Å²) < 4.78 is 8.00. The molecule has 1 aliphatic rings. The van der Waals surface area contributed by atoms with E-state index in [0.29, 0.717) is 12.5 Å². The molecule has 1 fully saturated rings. The highest BCUT2D eigenvalue weighted by atomic mass is 16.5. The van der Waals surface area contributed by atoms with Gasteiger partial charge in [0.2, 0.25) is 0 Å². The summed E-state index contributed by atoms with van der Waals surface area (Å²) in [6, 6.07) is 10.3. The summed E-state index contributed by atoms with van der Waals surface area (Å²) in [5.74, 6) is 2.53. The normalized spacial score (nSPS) is 17.5. The standard InChI is InChI=1S/C20H30N6O/c1-3-19-24-23-16-26(19)12-10-22-20(21-2)25-11-9-18(13-25)15-27-14-17-7-5-4-6-8-17/h4-8,16,18H,3,9-15H2,1-2H3,(H,21,22). The van der Waals surface area contributed by atoms with Gasteiger partial charge in [-0.2, -0.15) is 0 Å². The Bertz CT molecular complexity index is 714. The van der Waals surface area contributed by atoms with E-state index in [4.69, 9.17) is 4.74 Å². The molecule has 1 aromatic carbocycles. The van der Waals surface area contributed by atoms with Crippen LogP contribution in [-0.2, 0) is 24.3 Å². The average Bonchev–Trinajstić information content (AvgIpc) is 3.35. The van der Waals surface area contributed by atoms with E-state index in [2.05, 4.69) is 61.2 Å². The highest BCUT2D eigenvalue weighted by Gasteiger charge is 2.24. The van der Waals surface area contributed by atoms with Gasteiger partial charge in [0.25, 0.3) is 0 Å². The highest BCUT2D eigenvalue weighted by molar-refractivity contribution is 5.80. The molecule has 27 heavy (non-hydrogen) atoms. The second-order valence-corrected chi connectivity index (χ2v) is 6.87. The molecule has 0 aliphatic carbocycles. The van der Waals surface area contributed by atoms with Crippen LogP contribution in [0.2, 0.25) is 0 Å². The van der Waals surface area contributed by atoms with Gasteiger partial charge in [-0.25, -0.2) is 0 Å². The summed E-state index contributed by atoms with van der Waals surface area (Å²) in [4.78, 5) is 6.77. The van der Waals surface area contributed by atoms with Gasteiger partial charge in [0, 0.05) is 45.6 Å². The molecule has 1 aliphatic heterocycles. The number of nitrogens with one attached hydrogen (secondary N) is 1. The van der Waals surface area contributed by atoms with E-state index >= 15 is 0 Å². The van der Waals surface area contributed by atoms with Gasteiger partial charge in [-0.05, 0) is 12.0 Å². The Morgan fingerprint density at radius 2 is 2.19 bits per heavy atom. The molecule has 0 amide bonds. The number of aryl methyl sites for hydroxylation is 1. The summed E-state index contributed by atoms with van der Waals surface area (Å²) in [5, 5.41) is 11.6. The van der Waals surface area contributed by atoms with Crippen LogP contribution < -0.4 is 5.32 Å². The first-order valence-corrected chi connectivity index (χ1v) is 9.74. The Morgan fingerprint density at radius 3 is 2.96 bits per heavy atom. The summed E-state index contributed by atoms with van der Waals surface area (Å²) >= 11 is 0. The van der Waals surface area contributed by atoms with Crippen molar-refractivity contribution in [3.8, 4) is 0 Å². The van der Waals surface area contributed by atoms with Gasteiger partial charge >= 0.3 is 0 Å². The number of ether oxygens (including phenoxy) is 1. The van der Waals surface area contributed by atoms with E-state index < -0.39 is 0 Å². The van der Waals surface area contributed by atoms with Crippen molar-refractivity contribution in [1.82, 2.24) is 25.0 Å². The molecule has 0 spiro atoms. The second-order valence-electron chi connectivity index (χ2n) is 6.87. The van der Waals surface area contributed by atoms with Crippen molar-refractivity contribution in [2.24, 2.45) is 10.9 Å². The van der Waals surface area contributed by atoms with Crippen molar-refractivity contribution in [3.05, 3.63) is 48.0 Å². The van der Waals surface area contributed by atoms with Crippen molar-refractivity contribution in [2.75, 3.05) is 33.3 Å². The molecule has 146 valence electrons. The van der Waals surface area contributed by atoms with E-state index in [1.54, 1.807) is 6.33 Å². The van der Waals surface area contributed by atoms with Crippen molar-refractivity contribution < 1.29 is 4.74 Å². The third-order valence-corrected chi connectivity index (χ3v) is 4.91. The Hall–Kier alpha value is -2.41. The van der Waals surface area contributed by atoms with E-state index in [1.807, 2.05) is 13.1 Å². The first-order chi connectivity index (χ1) is 13.3. The number of aliphatic imine (C=N–C) groups is 1. The number of rotatable bonds is 8. The minimum absolute atomic E-state index is 0.553. The largest absolute Gasteiger partial charge is 0.376 e. The van der Waals surface area contributed by atoms with Gasteiger partial charge in [-0.3, -0.25) is 4.99 Å². The fraction of sp³-hybridized carbons (Fsp3) is 0.550. The average molecular weight is 371 g/mol. The molecule has 1 aromatic heterocycles. The maximum absolute atomic E-state index is 5.92. The van der Waals surface area contributed by atoms with Crippen LogP contribution in [0.3, 0.4) is 0 Å². The van der Waals surface area contributed by atoms with E-state index in [9.17, 15) is 0 Å². The maximum atomic E-state index is 5.92. The smallest absolute Gasteiger partial charge is 0.193 e. The number of nitrogens with zero attached hydrogens (tertiary/aromatic N) is 5. The van der Waals surface area contributed by atoms with E-state index in [0.717, 1.165) is 57.4 Å². The third-order valence-electron chi connectivity index (χ3n) is 4.91. The Kier molecular flexibility index (Phi) is 7.21. The lowest BCUT2D eigenvalue weighted by atomic mass is 10.1. The molecule has 1 atom stereocenters. The summed E-state index contributed by atoms with van der Waals surface area (Å²) in [6.45, 7) is 7.23. The number of aromatic nitrogens is 3. The Labute approximate surface area is 161 Å². The molecule has 7 nitrogen and oxygen atoms in total. The first kappa shape index (κ1) is 19.4. The molecule has 2 aromatic rings. The lowest BCUT2D eigenvalue weighted by Crippen LogP contribution is -2.41. The van der Waals surface area contributed by atoms with Crippen molar-refractivity contribution in [3.63, 3.8) is 0 Å². The van der Waals surface area contributed by atoms with Crippen LogP contribution in [0.15, 0.2) is 41.7 Å². The molecule has 3 rings (SSSR count). The number of hydrogen-bond acceptors (Lipinski definition) is 4. The zero-order chi connectivity index (χ0) is 18.9. The van der Waals surface area contributed by atoms with Crippen LogP contribution in [0.5, 0.6) is 0 Å². The van der Waals surface area contributed by atoms with Gasteiger partial charge in [0.15, 0.2) is 5.96 Å². The van der Waals surface area contributed by atoms with Gasteiger partial charge in [0.05, 0.1) is 13.2 Å². The molecule has 0 saturated carbocycles. The molecule has 2 heterocycles. The molecule has 1 saturated heterocycles. The fourth-order valence-corrected chi connectivity index (χ4v) is 3.44. The van der Waals surface area contributed by atoms with Crippen LogP contribution in [0.1, 0.15) is 24.7 Å². The van der Waals surface area contributed by atoms with Crippen molar-refractivity contribution in [1.29, 1.82) is 0 Å². The number of hydrogen-bond donors (Lipinski definition) is 1. The summed E-state index contributed by atoms with van der Waals surface area (Å²) in [7, 11) is 1.85. The van der Waals surface area contributed by atoms with E-state index in [-0.39, 0.29) is 0 Å². The first-order valence-electron chi connectivity index (χ1n) is 9.74. The monoisotopic (exact) mass is 370 g/mol. The Morgan fingerprint density at radius 1 is 1.33 bits per heavy atom. The topological polar surface area (TPSA) is 67.6 Å². The number of benzene rings is 1. The lowest BCUT2D eigenvalue weighted by Gasteiger charge is -2.22. The van der Waals surface area contributed by atoms with Crippen LogP contribution in [-0.4, -0.2) is 58.9 Å². The maximum Gasteiger partial charge on any atom is 0.193 e. The summed E-state index contributed by atoms with van der Waals surface area (Å²) in [6.07, 6.45) is 3.83. The zero-order valence-corrected chi connectivity index (χ0v) is 16.3. The predicted octanol–water partition coefficient (Wildman–Crippen LogP) is 1.95. The quantitative estimate of drug-likeness (QED) is 0.568. The molecule has 1 N–H and O–H groups in total. The van der Waals surface area contributed by atoms with Gasteiger partial charge < -0.3 is 19.5 Å². The third kappa shape index (κ3) is 5.53. The molecular formula is C20H30N6O. The van der Waals surface area contributed by atoms with Crippen molar-refractivity contribution in [2.45, 2.75) is 32.9 Å². The van der Waals surface area contributed by atoms with Crippen LogP contribution in [0.4, 0.5) is 0 Å². The van der Waals surface area contributed by atoms with Gasteiger partial charge in [-0.1, -0.05) is 37.3 Å². The minimum Gasteiger partial charge on any atom is -0.376 e. The predicted molar refractivity (Wildman–Crippen MR) is 107 cm³/mol. The molecule has 7 heteroatoms. The molecule has 0 radical (unpaired) electrons. The fourth-order valence-electron chi connectivity index (χ4n) is 3.44. The molecular weight excluding hydrogens is 340 g/mol. The number of likely N-dealkylation sites (tertiary alicyclic amines) is 1. The Balaban J connectivity index is 1.38. The zero-order valence-electron chi connectivity index (χ0n) is 16.3. The molecule has 1 unspecified atom stereocenters. The van der Waals surface area contributed by atoms with Crippen LogP contribution in [0, 0.1) is 5.92 Å². The lowest BCUT2D eigenvalue weighted by molar-refractivity contribution is 0.0907. The van der Waals surface area contributed by atoms with Crippen LogP contribution in [0.25, 0.3) is 0 Å². The SMILES string of the molecule is CCc1nncn1CCNC(=NC)N1CCC(COCc2ccccc2)C1. The number of guanidine groups is 1. The van der Waals surface area contributed by atoms with Crippen LogP contribution >= 0.6 is 0 Å². The van der Waals surface area contributed by atoms with Crippen molar-refractivity contribution >= 4 is 5.96 Å². The van der Waals surface area contributed by atoms with Gasteiger partial charge in [0.1, 0.15) is 12.2 Å². The van der Waals surface area contributed by atoms with Gasteiger partial charge in [-0.15, -0.1) is 10.2 Å². The minimum atomic E-state index is 0.553. The summed E-state index contributed by atoms with van der Waals surface area (Å²) in [5.41, 5.74) is 1.23. The second kappa shape index (κ2) is 10.1. The van der Waals surface area contributed by atoms with E-state index in [1.165, 1.54) is 5.56 Å².